The van der Waals surface area contributed by atoms with Crippen LogP contribution in [0.3, 0.4) is 0 Å². The van der Waals surface area contributed by atoms with Crippen LogP contribution in [0, 0.1) is 6.92 Å². The van der Waals surface area contributed by atoms with Gasteiger partial charge in [-0.1, -0.05) is 0 Å². The predicted molar refractivity (Wildman–Crippen MR) is 84.1 cm³/mol. The van der Waals surface area contributed by atoms with E-state index in [1.807, 2.05) is 36.6 Å². The number of thiazole rings is 1. The monoisotopic (exact) mass is 304 g/mol. The second-order valence-electron chi connectivity index (χ2n) is 4.17. The molecule has 0 fully saturated rings. The topological polar surface area (TPSA) is 75.6 Å². The third-order valence-electron chi connectivity index (χ3n) is 2.57. The van der Waals surface area contributed by atoms with Crippen molar-refractivity contribution in [1.82, 2.24) is 10.4 Å². The Kier molecular flexibility index (Phi) is 5.28. The normalized spacial score (nSPS) is 10.6. The summed E-state index contributed by atoms with van der Waals surface area (Å²) in [5, 5.41) is 9.69. The molecule has 21 heavy (non-hydrogen) atoms. The quantitative estimate of drug-likeness (QED) is 0.632. The number of hydrogen-bond acceptors (Lipinski definition) is 6. The molecular weight excluding hydrogens is 288 g/mol. The summed E-state index contributed by atoms with van der Waals surface area (Å²) in [6, 6.07) is 7.33. The number of nitrogens with one attached hydrogen (secondary N) is 2. The van der Waals surface area contributed by atoms with Crippen molar-refractivity contribution in [3.05, 3.63) is 40.3 Å². The maximum Gasteiger partial charge on any atom is 0.259 e. The molecule has 0 radical (unpaired) electrons. The van der Waals surface area contributed by atoms with Crippen LogP contribution < -0.4 is 15.5 Å². The highest BCUT2D eigenvalue weighted by Gasteiger charge is 2.00. The average molecular weight is 304 g/mol. The smallest absolute Gasteiger partial charge is 0.259 e. The minimum absolute atomic E-state index is 0.139. The molecule has 0 saturated carbocycles. The summed E-state index contributed by atoms with van der Waals surface area (Å²) in [6.07, 6.45) is 1.52. The van der Waals surface area contributed by atoms with Crippen LogP contribution in [-0.4, -0.2) is 30.8 Å². The van der Waals surface area contributed by atoms with E-state index in [0.717, 1.165) is 22.1 Å². The van der Waals surface area contributed by atoms with E-state index in [1.54, 1.807) is 7.11 Å². The van der Waals surface area contributed by atoms with Crippen LogP contribution in [0.1, 0.15) is 10.7 Å². The number of hydrogen-bond donors (Lipinski definition) is 2. The van der Waals surface area contributed by atoms with Gasteiger partial charge in [-0.3, -0.25) is 4.79 Å². The molecule has 0 aliphatic heterocycles. The van der Waals surface area contributed by atoms with Crippen molar-refractivity contribution in [2.75, 3.05) is 19.0 Å². The van der Waals surface area contributed by atoms with E-state index in [0.29, 0.717) is 0 Å². The maximum atomic E-state index is 11.6. The summed E-state index contributed by atoms with van der Waals surface area (Å²) in [5.41, 5.74) is 4.02. The molecule has 2 N–H and O–H groups in total. The SMILES string of the molecule is COc1ccc(NCC(=O)N/N=C\c2csc(C)n2)cc1. The van der Waals surface area contributed by atoms with Gasteiger partial charge < -0.3 is 10.1 Å². The third-order valence-corrected chi connectivity index (χ3v) is 3.36. The number of carbonyl (C=O) groups excluding carboxylic acids is 1. The van der Waals surface area contributed by atoms with Crippen LogP contribution in [0.5, 0.6) is 5.75 Å². The summed E-state index contributed by atoms with van der Waals surface area (Å²) in [6.45, 7) is 2.05. The zero-order valence-corrected chi connectivity index (χ0v) is 12.6. The molecule has 0 atom stereocenters. The van der Waals surface area contributed by atoms with Crippen molar-refractivity contribution in [2.24, 2.45) is 5.10 Å². The molecule has 0 bridgehead atoms. The first-order chi connectivity index (χ1) is 10.2. The van der Waals surface area contributed by atoms with Crippen LogP contribution in [0.15, 0.2) is 34.7 Å². The minimum Gasteiger partial charge on any atom is -0.497 e. The third kappa shape index (κ3) is 4.88. The van der Waals surface area contributed by atoms with E-state index in [2.05, 4.69) is 20.8 Å². The van der Waals surface area contributed by atoms with E-state index >= 15 is 0 Å². The molecule has 0 aliphatic carbocycles. The van der Waals surface area contributed by atoms with Crippen LogP contribution in [-0.2, 0) is 4.79 Å². The van der Waals surface area contributed by atoms with Crippen LogP contribution in [0.25, 0.3) is 0 Å². The highest BCUT2D eigenvalue weighted by Crippen LogP contribution is 2.14. The molecule has 2 aromatic rings. The number of aryl methyl sites for hydroxylation is 1. The van der Waals surface area contributed by atoms with Crippen LogP contribution in [0.4, 0.5) is 5.69 Å². The fraction of sp³-hybridized carbons (Fsp3) is 0.214. The van der Waals surface area contributed by atoms with Gasteiger partial charge >= 0.3 is 0 Å². The second-order valence-corrected chi connectivity index (χ2v) is 5.23. The largest absolute Gasteiger partial charge is 0.497 e. The Balaban J connectivity index is 1.75. The zero-order valence-electron chi connectivity index (χ0n) is 11.8. The molecule has 110 valence electrons. The van der Waals surface area contributed by atoms with Crippen molar-refractivity contribution >= 4 is 29.1 Å². The maximum absolute atomic E-state index is 11.6. The first-order valence-corrected chi connectivity index (χ1v) is 7.17. The molecule has 0 unspecified atom stereocenters. The second kappa shape index (κ2) is 7.39. The zero-order chi connectivity index (χ0) is 15.1. The summed E-state index contributed by atoms with van der Waals surface area (Å²) < 4.78 is 5.06. The van der Waals surface area contributed by atoms with Gasteiger partial charge in [-0.15, -0.1) is 11.3 Å². The van der Waals surface area contributed by atoms with Crippen molar-refractivity contribution in [2.45, 2.75) is 6.92 Å². The van der Waals surface area contributed by atoms with Gasteiger partial charge in [-0.2, -0.15) is 5.10 Å². The molecule has 0 saturated heterocycles. The number of amides is 1. The Hall–Kier alpha value is -2.41. The summed E-state index contributed by atoms with van der Waals surface area (Å²) in [7, 11) is 1.61. The fourth-order valence-electron chi connectivity index (χ4n) is 1.54. The number of rotatable bonds is 6. The minimum atomic E-state index is -0.228. The molecule has 7 heteroatoms. The van der Waals surface area contributed by atoms with Crippen LogP contribution >= 0.6 is 11.3 Å². The lowest BCUT2D eigenvalue weighted by Gasteiger charge is -2.06. The lowest BCUT2D eigenvalue weighted by atomic mass is 10.3. The number of carbonyl (C=O) groups is 1. The summed E-state index contributed by atoms with van der Waals surface area (Å²) in [4.78, 5) is 15.8. The molecule has 2 rings (SSSR count). The molecule has 6 nitrogen and oxygen atoms in total. The van der Waals surface area contributed by atoms with E-state index < -0.39 is 0 Å². The van der Waals surface area contributed by atoms with Gasteiger partial charge in [-0.05, 0) is 31.2 Å². The highest BCUT2D eigenvalue weighted by molar-refractivity contribution is 7.09. The average Bonchev–Trinajstić information content (AvgIpc) is 2.91. The van der Waals surface area contributed by atoms with E-state index in [1.165, 1.54) is 17.6 Å². The fourth-order valence-corrected chi connectivity index (χ4v) is 2.10. The summed E-state index contributed by atoms with van der Waals surface area (Å²) >= 11 is 1.54. The Morgan fingerprint density at radius 2 is 2.19 bits per heavy atom. The first kappa shape index (κ1) is 15.0. The molecule has 1 aromatic carbocycles. The number of benzene rings is 1. The molecule has 1 aromatic heterocycles. The molecule has 0 spiro atoms. The number of anilines is 1. The first-order valence-electron chi connectivity index (χ1n) is 6.29. The highest BCUT2D eigenvalue weighted by atomic mass is 32.1. The van der Waals surface area contributed by atoms with Gasteiger partial charge in [0.2, 0.25) is 0 Å². The van der Waals surface area contributed by atoms with Gasteiger partial charge in [0.05, 0.1) is 30.6 Å². The van der Waals surface area contributed by atoms with Crippen molar-refractivity contribution < 1.29 is 9.53 Å². The molecular formula is C14H16N4O2S. The van der Waals surface area contributed by atoms with Gasteiger partial charge in [0.25, 0.3) is 5.91 Å². The Labute approximate surface area is 126 Å². The van der Waals surface area contributed by atoms with E-state index in [-0.39, 0.29) is 12.5 Å². The number of methoxy groups -OCH3 is 1. The van der Waals surface area contributed by atoms with Gasteiger partial charge in [-0.25, -0.2) is 10.4 Å². The molecule has 1 amide bonds. The van der Waals surface area contributed by atoms with Crippen LogP contribution in [0.2, 0.25) is 0 Å². The van der Waals surface area contributed by atoms with Gasteiger partial charge in [0.1, 0.15) is 5.75 Å². The van der Waals surface area contributed by atoms with Crippen molar-refractivity contribution in [3.8, 4) is 5.75 Å². The Bertz CT molecular complexity index is 622. The van der Waals surface area contributed by atoms with Crippen molar-refractivity contribution in [1.29, 1.82) is 0 Å². The Morgan fingerprint density at radius 3 is 2.81 bits per heavy atom. The van der Waals surface area contributed by atoms with Gasteiger partial charge in [0, 0.05) is 11.1 Å². The number of hydrazone groups is 1. The van der Waals surface area contributed by atoms with E-state index in [9.17, 15) is 4.79 Å². The molecule has 1 heterocycles. The summed E-state index contributed by atoms with van der Waals surface area (Å²) in [5.74, 6) is 0.544. The van der Waals surface area contributed by atoms with Crippen molar-refractivity contribution in [3.63, 3.8) is 0 Å². The number of ether oxygens (including phenoxy) is 1. The number of nitrogens with zero attached hydrogens (tertiary/aromatic N) is 2. The lowest BCUT2D eigenvalue weighted by molar-refractivity contribution is -0.119. The predicted octanol–water partition coefficient (Wildman–Crippen LogP) is 2.02. The number of aromatic nitrogens is 1. The van der Waals surface area contributed by atoms with E-state index in [4.69, 9.17) is 4.74 Å². The standard InChI is InChI=1S/C14H16N4O2S/c1-10-17-12(9-21-10)7-16-18-14(19)8-15-11-3-5-13(20-2)6-4-11/h3-7,9,15H,8H2,1-2H3,(H,18,19)/b16-7-. The Morgan fingerprint density at radius 1 is 1.43 bits per heavy atom. The lowest BCUT2D eigenvalue weighted by Crippen LogP contribution is -2.25. The van der Waals surface area contributed by atoms with Gasteiger partial charge in [0.15, 0.2) is 0 Å². The molecule has 0 aliphatic rings.